The predicted octanol–water partition coefficient (Wildman–Crippen LogP) is 2.63. The Bertz CT molecular complexity index is 651. The second-order valence-electron chi connectivity index (χ2n) is 4.16. The number of nitro benzene ring substituents is 1. The lowest BCUT2D eigenvalue weighted by Gasteiger charge is -2.01. The van der Waals surface area contributed by atoms with E-state index < -0.39 is 16.9 Å². The monoisotopic (exact) mass is 286 g/mol. The molecule has 1 N–H and O–H groups in total. The maximum atomic E-state index is 12.3. The second-order valence-corrected chi connectivity index (χ2v) is 4.16. The molecule has 0 spiro atoms. The van der Waals surface area contributed by atoms with Gasteiger partial charge in [-0.15, -0.1) is 5.10 Å². The van der Waals surface area contributed by atoms with Gasteiger partial charge in [0.05, 0.1) is 4.92 Å². The van der Waals surface area contributed by atoms with Crippen molar-refractivity contribution >= 4 is 5.69 Å². The standard InChI is InChI=1S/C11H9F3N4O2/c1-6-4-7(2-3-8(6)18(19)20)5-9-15-10(17-16-9)11(12,13)14/h2-4H,5H2,1H3,(H,15,16,17). The minimum absolute atomic E-state index is 0.0395. The minimum Gasteiger partial charge on any atom is -0.262 e. The summed E-state index contributed by atoms with van der Waals surface area (Å²) in [6.45, 7) is 1.56. The SMILES string of the molecule is Cc1cc(Cc2nc(C(F)(F)F)n[nH]2)ccc1[N+](=O)[O-]. The van der Waals surface area contributed by atoms with Gasteiger partial charge in [0, 0.05) is 18.1 Å². The Balaban J connectivity index is 2.20. The van der Waals surface area contributed by atoms with Crippen LogP contribution in [0.25, 0.3) is 0 Å². The van der Waals surface area contributed by atoms with E-state index in [0.29, 0.717) is 11.1 Å². The number of aryl methyl sites for hydroxylation is 1. The van der Waals surface area contributed by atoms with E-state index in [0.717, 1.165) is 0 Å². The summed E-state index contributed by atoms with van der Waals surface area (Å²) in [5, 5.41) is 15.9. The summed E-state index contributed by atoms with van der Waals surface area (Å²) in [5.41, 5.74) is 1.00. The highest BCUT2D eigenvalue weighted by Gasteiger charge is 2.35. The van der Waals surface area contributed by atoms with Gasteiger partial charge in [0.1, 0.15) is 5.82 Å². The quantitative estimate of drug-likeness (QED) is 0.694. The van der Waals surface area contributed by atoms with Crippen molar-refractivity contribution < 1.29 is 18.1 Å². The molecule has 0 amide bonds. The molecule has 9 heteroatoms. The Labute approximate surface area is 110 Å². The highest BCUT2D eigenvalue weighted by Crippen LogP contribution is 2.26. The smallest absolute Gasteiger partial charge is 0.262 e. The van der Waals surface area contributed by atoms with Crippen LogP contribution in [0, 0.1) is 17.0 Å². The molecular formula is C11H9F3N4O2. The van der Waals surface area contributed by atoms with Crippen LogP contribution < -0.4 is 0 Å². The molecule has 1 heterocycles. The van der Waals surface area contributed by atoms with E-state index in [1.807, 2.05) is 0 Å². The van der Waals surface area contributed by atoms with E-state index >= 15 is 0 Å². The van der Waals surface area contributed by atoms with Crippen LogP contribution in [-0.4, -0.2) is 20.1 Å². The molecule has 1 aromatic heterocycles. The number of alkyl halides is 3. The maximum absolute atomic E-state index is 12.3. The first-order valence-corrected chi connectivity index (χ1v) is 5.50. The molecule has 0 bridgehead atoms. The zero-order valence-electron chi connectivity index (χ0n) is 10.2. The zero-order chi connectivity index (χ0) is 14.9. The molecule has 1 aromatic carbocycles. The molecule has 0 unspecified atom stereocenters. The first-order chi connectivity index (χ1) is 9.27. The zero-order valence-corrected chi connectivity index (χ0v) is 10.2. The van der Waals surface area contributed by atoms with Crippen LogP contribution in [0.15, 0.2) is 18.2 Å². The predicted molar refractivity (Wildman–Crippen MR) is 62.0 cm³/mol. The summed E-state index contributed by atoms with van der Waals surface area (Å²) >= 11 is 0. The molecule has 0 aliphatic rings. The average molecular weight is 286 g/mol. The summed E-state index contributed by atoms with van der Waals surface area (Å²) < 4.78 is 37.0. The lowest BCUT2D eigenvalue weighted by atomic mass is 10.1. The lowest BCUT2D eigenvalue weighted by molar-refractivity contribution is -0.385. The number of aromatic nitrogens is 3. The van der Waals surface area contributed by atoms with Crippen molar-refractivity contribution in [3.05, 3.63) is 51.1 Å². The van der Waals surface area contributed by atoms with Crippen molar-refractivity contribution in [2.75, 3.05) is 0 Å². The van der Waals surface area contributed by atoms with E-state index in [-0.39, 0.29) is 17.9 Å². The van der Waals surface area contributed by atoms with Gasteiger partial charge < -0.3 is 0 Å². The number of hydrogen-bond donors (Lipinski definition) is 1. The topological polar surface area (TPSA) is 84.7 Å². The molecule has 0 saturated carbocycles. The number of hydrogen-bond acceptors (Lipinski definition) is 4. The number of aromatic amines is 1. The van der Waals surface area contributed by atoms with Crippen molar-refractivity contribution in [3.63, 3.8) is 0 Å². The molecule has 0 radical (unpaired) electrons. The largest absolute Gasteiger partial charge is 0.453 e. The molecule has 2 aromatic rings. The van der Waals surface area contributed by atoms with Crippen molar-refractivity contribution in [1.82, 2.24) is 15.2 Å². The number of nitro groups is 1. The molecule has 6 nitrogen and oxygen atoms in total. The summed E-state index contributed by atoms with van der Waals surface area (Å²) in [6, 6.07) is 4.32. The number of nitrogens with zero attached hydrogens (tertiary/aromatic N) is 3. The van der Waals surface area contributed by atoms with E-state index in [9.17, 15) is 23.3 Å². The highest BCUT2D eigenvalue weighted by molar-refractivity contribution is 5.42. The molecule has 0 fully saturated rings. The van der Waals surface area contributed by atoms with Gasteiger partial charge in [-0.2, -0.15) is 13.2 Å². The summed E-state index contributed by atoms with van der Waals surface area (Å²) in [6.07, 6.45) is -4.51. The maximum Gasteiger partial charge on any atom is 0.453 e. The first-order valence-electron chi connectivity index (χ1n) is 5.50. The van der Waals surface area contributed by atoms with Crippen LogP contribution in [0.3, 0.4) is 0 Å². The van der Waals surface area contributed by atoms with Gasteiger partial charge in [0.15, 0.2) is 0 Å². The van der Waals surface area contributed by atoms with Crippen LogP contribution in [0.2, 0.25) is 0 Å². The van der Waals surface area contributed by atoms with Crippen molar-refractivity contribution in [2.24, 2.45) is 0 Å². The number of rotatable bonds is 3. The molecule has 106 valence electrons. The van der Waals surface area contributed by atoms with Crippen molar-refractivity contribution in [2.45, 2.75) is 19.5 Å². The second kappa shape index (κ2) is 4.91. The van der Waals surface area contributed by atoms with Crippen LogP contribution in [0.4, 0.5) is 18.9 Å². The molecule has 0 aliphatic heterocycles. The Hall–Kier alpha value is -2.45. The van der Waals surface area contributed by atoms with Gasteiger partial charge in [-0.05, 0) is 18.6 Å². The van der Waals surface area contributed by atoms with Crippen LogP contribution >= 0.6 is 0 Å². The van der Waals surface area contributed by atoms with Crippen molar-refractivity contribution in [1.29, 1.82) is 0 Å². The molecular weight excluding hydrogens is 277 g/mol. The minimum atomic E-state index is -4.60. The van der Waals surface area contributed by atoms with Gasteiger partial charge in [-0.25, -0.2) is 4.98 Å². The van der Waals surface area contributed by atoms with E-state index in [1.165, 1.54) is 18.2 Å². The van der Waals surface area contributed by atoms with Crippen molar-refractivity contribution in [3.8, 4) is 0 Å². The fourth-order valence-electron chi connectivity index (χ4n) is 1.73. The molecule has 20 heavy (non-hydrogen) atoms. The van der Waals surface area contributed by atoms with Crippen LogP contribution in [-0.2, 0) is 12.6 Å². The molecule has 0 saturated heterocycles. The van der Waals surface area contributed by atoms with Gasteiger partial charge in [-0.3, -0.25) is 15.2 Å². The number of halogens is 3. The first kappa shape index (κ1) is 14.0. The third kappa shape index (κ3) is 2.92. The molecule has 0 atom stereocenters. The van der Waals surface area contributed by atoms with E-state index in [4.69, 9.17) is 0 Å². The third-order valence-electron chi connectivity index (χ3n) is 2.61. The fraction of sp³-hybridized carbons (Fsp3) is 0.273. The summed E-state index contributed by atoms with van der Waals surface area (Å²) in [4.78, 5) is 13.5. The summed E-state index contributed by atoms with van der Waals surface area (Å²) in [5.74, 6) is -1.18. The Morgan fingerprint density at radius 2 is 2.10 bits per heavy atom. The normalized spacial score (nSPS) is 11.6. The fourth-order valence-corrected chi connectivity index (χ4v) is 1.73. The van der Waals surface area contributed by atoms with Gasteiger partial charge in [0.25, 0.3) is 11.5 Å². The molecule has 0 aliphatic carbocycles. The Morgan fingerprint density at radius 3 is 2.60 bits per heavy atom. The average Bonchev–Trinajstić information content (AvgIpc) is 2.76. The summed E-state index contributed by atoms with van der Waals surface area (Å²) in [7, 11) is 0. The van der Waals surface area contributed by atoms with Gasteiger partial charge in [0.2, 0.25) is 0 Å². The Morgan fingerprint density at radius 1 is 1.40 bits per heavy atom. The number of H-pyrrole nitrogens is 1. The van der Waals surface area contributed by atoms with E-state index in [1.54, 1.807) is 6.92 Å². The van der Waals surface area contributed by atoms with Gasteiger partial charge in [-0.1, -0.05) is 6.07 Å². The van der Waals surface area contributed by atoms with Crippen LogP contribution in [0.5, 0.6) is 0 Å². The number of nitrogens with one attached hydrogen (secondary N) is 1. The Kier molecular flexibility index (Phi) is 3.43. The number of benzene rings is 1. The molecule has 2 rings (SSSR count). The van der Waals surface area contributed by atoms with Crippen LogP contribution in [0.1, 0.15) is 22.8 Å². The highest BCUT2D eigenvalue weighted by atomic mass is 19.4. The lowest BCUT2D eigenvalue weighted by Crippen LogP contribution is -2.07. The van der Waals surface area contributed by atoms with Gasteiger partial charge >= 0.3 is 6.18 Å². The third-order valence-corrected chi connectivity index (χ3v) is 2.61. The van der Waals surface area contributed by atoms with E-state index in [2.05, 4.69) is 15.2 Å².